The standard InChI is InChI=1S/C20H28N2O3.ClH/c1-13-12-15(7-10-17(13)20(24)25-2)14-5-8-16(9-6-14)22-19(23)18-4-3-11-21-18;/h7,10,12,14,16,18,21H,3-6,8-9,11H2,1-2H3,(H,22,23);1H/t14?,16?,18-;/m1./s1. The molecule has 2 N–H and O–H groups in total. The van der Waals surface area contributed by atoms with Gasteiger partial charge in [0, 0.05) is 6.04 Å². The van der Waals surface area contributed by atoms with Crippen LogP contribution in [0.5, 0.6) is 0 Å². The first-order valence-electron chi connectivity index (χ1n) is 9.31. The van der Waals surface area contributed by atoms with Gasteiger partial charge < -0.3 is 15.4 Å². The van der Waals surface area contributed by atoms with E-state index in [4.69, 9.17) is 4.74 Å². The average molecular weight is 381 g/mol. The van der Waals surface area contributed by atoms with Gasteiger partial charge in [0.15, 0.2) is 0 Å². The predicted molar refractivity (Wildman–Crippen MR) is 104 cm³/mol. The van der Waals surface area contributed by atoms with Crippen LogP contribution in [-0.4, -0.2) is 37.6 Å². The second kappa shape index (κ2) is 9.38. The third-order valence-electron chi connectivity index (χ3n) is 5.58. The molecular formula is C20H29ClN2O3. The van der Waals surface area contributed by atoms with Crippen molar-refractivity contribution in [3.63, 3.8) is 0 Å². The number of nitrogens with one attached hydrogen (secondary N) is 2. The second-order valence-electron chi connectivity index (χ2n) is 7.27. The maximum absolute atomic E-state index is 12.2. The normalized spacial score (nSPS) is 25.2. The van der Waals surface area contributed by atoms with Gasteiger partial charge in [-0.2, -0.15) is 0 Å². The molecule has 1 aliphatic carbocycles. The molecule has 1 amide bonds. The summed E-state index contributed by atoms with van der Waals surface area (Å²) in [5.74, 6) is 0.387. The third-order valence-corrected chi connectivity index (χ3v) is 5.58. The summed E-state index contributed by atoms with van der Waals surface area (Å²) in [5.41, 5.74) is 2.88. The zero-order valence-corrected chi connectivity index (χ0v) is 16.4. The Morgan fingerprint density at radius 1 is 1.15 bits per heavy atom. The quantitative estimate of drug-likeness (QED) is 0.787. The van der Waals surface area contributed by atoms with E-state index in [9.17, 15) is 9.59 Å². The maximum atomic E-state index is 12.2. The van der Waals surface area contributed by atoms with Gasteiger partial charge in [0.2, 0.25) is 5.91 Å². The van der Waals surface area contributed by atoms with Crippen molar-refractivity contribution in [1.29, 1.82) is 0 Å². The van der Waals surface area contributed by atoms with Crippen molar-refractivity contribution in [1.82, 2.24) is 10.6 Å². The van der Waals surface area contributed by atoms with Crippen LogP contribution < -0.4 is 10.6 Å². The molecule has 0 aromatic heterocycles. The Labute approximate surface area is 161 Å². The van der Waals surface area contributed by atoms with Crippen LogP contribution in [-0.2, 0) is 9.53 Å². The molecule has 1 saturated heterocycles. The highest BCUT2D eigenvalue weighted by Crippen LogP contribution is 2.33. The van der Waals surface area contributed by atoms with Crippen LogP contribution in [0.15, 0.2) is 18.2 Å². The topological polar surface area (TPSA) is 67.4 Å². The number of ether oxygens (including phenoxy) is 1. The highest BCUT2D eigenvalue weighted by molar-refractivity contribution is 5.91. The monoisotopic (exact) mass is 380 g/mol. The summed E-state index contributed by atoms with van der Waals surface area (Å²) in [5, 5.41) is 6.47. The minimum atomic E-state index is -0.281. The van der Waals surface area contributed by atoms with Crippen molar-refractivity contribution in [2.75, 3.05) is 13.7 Å². The largest absolute Gasteiger partial charge is 0.465 e. The number of hydrogen-bond acceptors (Lipinski definition) is 4. The van der Waals surface area contributed by atoms with Crippen molar-refractivity contribution >= 4 is 24.3 Å². The van der Waals surface area contributed by atoms with E-state index in [-0.39, 0.29) is 30.3 Å². The smallest absolute Gasteiger partial charge is 0.338 e. The molecule has 1 aromatic rings. The molecule has 2 aliphatic rings. The van der Waals surface area contributed by atoms with Gasteiger partial charge in [-0.25, -0.2) is 4.79 Å². The summed E-state index contributed by atoms with van der Waals surface area (Å²) in [6.07, 6.45) is 6.21. The minimum absolute atomic E-state index is 0. The molecule has 1 saturated carbocycles. The zero-order valence-electron chi connectivity index (χ0n) is 15.5. The molecule has 1 aliphatic heterocycles. The predicted octanol–water partition coefficient (Wildman–Crippen LogP) is 3.10. The van der Waals surface area contributed by atoms with Crippen molar-refractivity contribution in [3.8, 4) is 0 Å². The van der Waals surface area contributed by atoms with Crippen molar-refractivity contribution < 1.29 is 14.3 Å². The number of methoxy groups -OCH3 is 1. The molecule has 0 radical (unpaired) electrons. The number of aryl methyl sites for hydroxylation is 1. The van der Waals surface area contributed by atoms with E-state index in [2.05, 4.69) is 16.7 Å². The van der Waals surface area contributed by atoms with Gasteiger partial charge in [0.25, 0.3) is 0 Å². The van der Waals surface area contributed by atoms with Gasteiger partial charge in [-0.3, -0.25) is 4.79 Å². The van der Waals surface area contributed by atoms with Crippen LogP contribution in [0.4, 0.5) is 0 Å². The highest BCUT2D eigenvalue weighted by Gasteiger charge is 2.27. The number of rotatable bonds is 4. The van der Waals surface area contributed by atoms with E-state index in [0.717, 1.165) is 50.6 Å². The highest BCUT2D eigenvalue weighted by atomic mass is 35.5. The van der Waals surface area contributed by atoms with Crippen LogP contribution in [0.1, 0.15) is 65.9 Å². The number of carbonyl (C=O) groups excluding carboxylic acids is 2. The molecule has 3 rings (SSSR count). The Hall–Kier alpha value is -1.59. The summed E-state index contributed by atoms with van der Waals surface area (Å²) in [4.78, 5) is 23.9. The SMILES string of the molecule is COC(=O)c1ccc(C2CCC(NC(=O)[C@H]3CCCN3)CC2)cc1C.Cl. The molecule has 0 unspecified atom stereocenters. The minimum Gasteiger partial charge on any atom is -0.465 e. The van der Waals surface area contributed by atoms with E-state index in [1.807, 2.05) is 19.1 Å². The fourth-order valence-electron chi connectivity index (χ4n) is 4.06. The van der Waals surface area contributed by atoms with Crippen LogP contribution in [0.25, 0.3) is 0 Å². The van der Waals surface area contributed by atoms with Crippen molar-refractivity contribution in [2.45, 2.75) is 63.5 Å². The molecular weight excluding hydrogens is 352 g/mol. The van der Waals surface area contributed by atoms with E-state index in [1.165, 1.54) is 12.7 Å². The van der Waals surface area contributed by atoms with Gasteiger partial charge in [-0.05, 0) is 75.1 Å². The molecule has 1 aromatic carbocycles. The average Bonchev–Trinajstić information content (AvgIpc) is 3.16. The molecule has 2 fully saturated rings. The van der Waals surface area contributed by atoms with Crippen molar-refractivity contribution in [3.05, 3.63) is 34.9 Å². The summed E-state index contributed by atoms with van der Waals surface area (Å²) in [7, 11) is 1.41. The Kier molecular flexibility index (Phi) is 7.47. The van der Waals surface area contributed by atoms with E-state index < -0.39 is 0 Å². The lowest BCUT2D eigenvalue weighted by atomic mass is 9.81. The summed E-state index contributed by atoms with van der Waals surface area (Å²) in [6, 6.07) is 6.33. The maximum Gasteiger partial charge on any atom is 0.338 e. The van der Waals surface area contributed by atoms with Crippen LogP contribution in [0, 0.1) is 6.92 Å². The summed E-state index contributed by atoms with van der Waals surface area (Å²) < 4.78 is 4.81. The summed E-state index contributed by atoms with van der Waals surface area (Å²) >= 11 is 0. The number of esters is 1. The number of hydrogen-bond donors (Lipinski definition) is 2. The number of benzene rings is 1. The number of carbonyl (C=O) groups is 2. The fourth-order valence-corrected chi connectivity index (χ4v) is 4.06. The summed E-state index contributed by atoms with van der Waals surface area (Å²) in [6.45, 7) is 2.90. The number of amides is 1. The van der Waals surface area contributed by atoms with Crippen LogP contribution in [0.2, 0.25) is 0 Å². The van der Waals surface area contributed by atoms with E-state index in [1.54, 1.807) is 0 Å². The second-order valence-corrected chi connectivity index (χ2v) is 7.27. The Morgan fingerprint density at radius 2 is 1.88 bits per heavy atom. The third kappa shape index (κ3) is 4.77. The molecule has 6 heteroatoms. The first kappa shape index (κ1) is 20.7. The zero-order chi connectivity index (χ0) is 17.8. The Bertz CT molecular complexity index is 636. The van der Waals surface area contributed by atoms with Gasteiger partial charge in [-0.15, -0.1) is 12.4 Å². The molecule has 26 heavy (non-hydrogen) atoms. The fraction of sp³-hybridized carbons (Fsp3) is 0.600. The first-order valence-corrected chi connectivity index (χ1v) is 9.31. The lowest BCUT2D eigenvalue weighted by Gasteiger charge is -2.30. The first-order chi connectivity index (χ1) is 12.1. The lowest BCUT2D eigenvalue weighted by molar-refractivity contribution is -0.123. The van der Waals surface area contributed by atoms with E-state index in [0.29, 0.717) is 17.5 Å². The Morgan fingerprint density at radius 3 is 2.46 bits per heavy atom. The lowest BCUT2D eigenvalue weighted by Crippen LogP contribution is -2.46. The van der Waals surface area contributed by atoms with E-state index >= 15 is 0 Å². The number of halogens is 1. The molecule has 1 heterocycles. The van der Waals surface area contributed by atoms with Crippen molar-refractivity contribution in [2.24, 2.45) is 0 Å². The molecule has 144 valence electrons. The molecule has 1 atom stereocenters. The molecule has 0 spiro atoms. The van der Waals surface area contributed by atoms with Gasteiger partial charge in [0.05, 0.1) is 18.7 Å². The molecule has 0 bridgehead atoms. The van der Waals surface area contributed by atoms with Gasteiger partial charge in [-0.1, -0.05) is 12.1 Å². The Balaban J connectivity index is 0.00000243. The molecule has 5 nitrogen and oxygen atoms in total. The van der Waals surface area contributed by atoms with Gasteiger partial charge in [0.1, 0.15) is 0 Å². The van der Waals surface area contributed by atoms with Crippen LogP contribution in [0.3, 0.4) is 0 Å². The van der Waals surface area contributed by atoms with Gasteiger partial charge >= 0.3 is 5.97 Å². The van der Waals surface area contributed by atoms with Crippen LogP contribution >= 0.6 is 12.4 Å².